The van der Waals surface area contributed by atoms with E-state index in [4.69, 9.17) is 4.74 Å². The number of anilines is 1. The van der Waals surface area contributed by atoms with Crippen molar-refractivity contribution >= 4 is 40.4 Å². The van der Waals surface area contributed by atoms with Crippen LogP contribution in [0.3, 0.4) is 0 Å². The number of carbonyl (C=O) groups is 2. The van der Waals surface area contributed by atoms with E-state index in [0.29, 0.717) is 10.6 Å². The molecule has 1 N–H and O–H groups in total. The fraction of sp³-hybridized carbons (Fsp3) is 0.158. The highest BCUT2D eigenvalue weighted by Gasteiger charge is 2.18. The average molecular weight is 341 g/mol. The molecule has 0 unspecified atom stereocenters. The molecule has 0 radical (unpaired) electrons. The normalized spacial score (nSPS) is 13.1. The molecular formula is C19H19NO3S. The minimum absolute atomic E-state index is 0.227. The summed E-state index contributed by atoms with van der Waals surface area (Å²) in [6.45, 7) is 3.44. The van der Waals surface area contributed by atoms with Gasteiger partial charge in [-0.2, -0.15) is 0 Å². The molecule has 4 nitrogen and oxygen atoms in total. The maximum Gasteiger partial charge on any atom is 0.341 e. The second kappa shape index (κ2) is 8.84. The van der Waals surface area contributed by atoms with Gasteiger partial charge in [0, 0.05) is 16.7 Å². The van der Waals surface area contributed by atoms with Gasteiger partial charge in [-0.1, -0.05) is 54.7 Å². The lowest BCUT2D eigenvalue weighted by Gasteiger charge is -2.04. The molecule has 1 aliphatic rings. The summed E-state index contributed by atoms with van der Waals surface area (Å²) in [6, 6.07) is 0. The van der Waals surface area contributed by atoms with Crippen molar-refractivity contribution in [3.05, 3.63) is 63.9 Å². The SMILES string of the molecule is CCOC(=O)c1c(NC(C)=O)sc2c1=CC=CC=CC=CC=CC=2. The van der Waals surface area contributed by atoms with Crippen LogP contribution in [0.5, 0.6) is 0 Å². The van der Waals surface area contributed by atoms with Crippen LogP contribution in [0.25, 0.3) is 12.2 Å². The topological polar surface area (TPSA) is 55.4 Å². The lowest BCUT2D eigenvalue weighted by molar-refractivity contribution is -0.114. The molecule has 0 saturated heterocycles. The molecular weight excluding hydrogens is 322 g/mol. The average Bonchev–Trinajstić information content (AvgIpc) is 2.84. The number of nitrogens with one attached hydrogen (secondary N) is 1. The van der Waals surface area contributed by atoms with Gasteiger partial charge in [0.1, 0.15) is 10.6 Å². The van der Waals surface area contributed by atoms with Gasteiger partial charge < -0.3 is 10.1 Å². The third-order valence-electron chi connectivity index (χ3n) is 3.03. The van der Waals surface area contributed by atoms with Gasteiger partial charge in [0.25, 0.3) is 0 Å². The Morgan fingerprint density at radius 3 is 2.17 bits per heavy atom. The summed E-state index contributed by atoms with van der Waals surface area (Å²) < 4.78 is 6.04. The quantitative estimate of drug-likeness (QED) is 0.860. The first kappa shape index (κ1) is 17.7. The van der Waals surface area contributed by atoms with Crippen molar-refractivity contribution in [3.63, 3.8) is 0 Å². The van der Waals surface area contributed by atoms with Crippen LogP contribution in [0, 0.1) is 0 Å². The molecule has 0 fully saturated rings. The van der Waals surface area contributed by atoms with E-state index in [1.807, 2.05) is 60.8 Å². The first-order valence-corrected chi connectivity index (χ1v) is 8.41. The van der Waals surface area contributed by atoms with E-state index in [-0.39, 0.29) is 12.5 Å². The zero-order valence-corrected chi connectivity index (χ0v) is 14.4. The Morgan fingerprint density at radius 2 is 1.58 bits per heavy atom. The minimum Gasteiger partial charge on any atom is -0.462 e. The van der Waals surface area contributed by atoms with Crippen LogP contribution in [-0.2, 0) is 9.53 Å². The van der Waals surface area contributed by atoms with Crippen molar-refractivity contribution in [2.75, 3.05) is 11.9 Å². The summed E-state index contributed by atoms with van der Waals surface area (Å²) >= 11 is 1.35. The summed E-state index contributed by atoms with van der Waals surface area (Å²) in [5.74, 6) is -0.668. The number of amides is 1. The fourth-order valence-electron chi connectivity index (χ4n) is 2.08. The second-order valence-electron chi connectivity index (χ2n) is 4.86. The van der Waals surface area contributed by atoms with E-state index in [0.717, 1.165) is 9.75 Å². The first-order valence-electron chi connectivity index (χ1n) is 7.59. The van der Waals surface area contributed by atoms with Gasteiger partial charge >= 0.3 is 5.97 Å². The summed E-state index contributed by atoms with van der Waals surface area (Å²) in [5.41, 5.74) is 0.387. The van der Waals surface area contributed by atoms with E-state index in [1.54, 1.807) is 6.92 Å². The number of rotatable bonds is 3. The Bertz CT molecular complexity index is 854. The molecule has 124 valence electrons. The number of hydrogen-bond acceptors (Lipinski definition) is 4. The number of hydrogen-bond donors (Lipinski definition) is 1. The van der Waals surface area contributed by atoms with Crippen molar-refractivity contribution in [2.45, 2.75) is 13.8 Å². The molecule has 0 spiro atoms. The highest BCUT2D eigenvalue weighted by atomic mass is 32.1. The number of carbonyl (C=O) groups excluding carboxylic acids is 2. The van der Waals surface area contributed by atoms with Crippen LogP contribution in [0.1, 0.15) is 24.2 Å². The summed E-state index contributed by atoms with van der Waals surface area (Å²) in [5, 5.41) is 3.97. The van der Waals surface area contributed by atoms with E-state index in [1.165, 1.54) is 18.3 Å². The Balaban J connectivity index is 2.71. The van der Waals surface area contributed by atoms with Crippen LogP contribution in [0.2, 0.25) is 0 Å². The Morgan fingerprint density at radius 1 is 1.00 bits per heavy atom. The van der Waals surface area contributed by atoms with Crippen molar-refractivity contribution < 1.29 is 14.3 Å². The van der Waals surface area contributed by atoms with Gasteiger partial charge in [0.05, 0.1) is 6.61 Å². The maximum absolute atomic E-state index is 12.4. The zero-order chi connectivity index (χ0) is 17.4. The highest BCUT2D eigenvalue weighted by Crippen LogP contribution is 2.17. The molecule has 0 bridgehead atoms. The van der Waals surface area contributed by atoms with Crippen molar-refractivity contribution in [1.82, 2.24) is 0 Å². The summed E-state index contributed by atoms with van der Waals surface area (Å²) in [7, 11) is 0. The third-order valence-corrected chi connectivity index (χ3v) is 4.12. The number of ether oxygens (including phenoxy) is 1. The molecule has 1 amide bonds. The maximum atomic E-state index is 12.4. The standard InChI is InChI=1S/C19H19NO3S/c1-3-23-19(22)17-15-12-10-8-6-4-5-7-9-11-13-16(15)24-18(17)20-14(2)21/h4-13H,3H2,1-2H3,(H,20,21). The molecule has 5 heteroatoms. The number of esters is 1. The predicted octanol–water partition coefficient (Wildman–Crippen LogP) is 2.68. The molecule has 1 aromatic heterocycles. The molecule has 2 rings (SSSR count). The number of fused-ring (bicyclic) bond motifs is 1. The van der Waals surface area contributed by atoms with Gasteiger partial charge in [-0.05, 0) is 13.0 Å². The van der Waals surface area contributed by atoms with Crippen LogP contribution in [0.4, 0.5) is 5.00 Å². The lowest BCUT2D eigenvalue weighted by Crippen LogP contribution is -2.26. The van der Waals surface area contributed by atoms with Crippen molar-refractivity contribution in [1.29, 1.82) is 0 Å². The molecule has 0 atom stereocenters. The minimum atomic E-state index is -0.441. The van der Waals surface area contributed by atoms with Gasteiger partial charge in [-0.25, -0.2) is 4.79 Å². The van der Waals surface area contributed by atoms with E-state index in [2.05, 4.69) is 5.32 Å². The smallest absolute Gasteiger partial charge is 0.341 e. The van der Waals surface area contributed by atoms with Crippen LogP contribution in [-0.4, -0.2) is 18.5 Å². The summed E-state index contributed by atoms with van der Waals surface area (Å²) in [6.07, 6.45) is 19.0. The third kappa shape index (κ3) is 4.67. The Hall–Kier alpha value is -2.66. The molecule has 24 heavy (non-hydrogen) atoms. The molecule has 0 aromatic carbocycles. The number of thiophene rings is 1. The second-order valence-corrected chi connectivity index (χ2v) is 5.91. The Kier molecular flexibility index (Phi) is 6.51. The van der Waals surface area contributed by atoms with Crippen molar-refractivity contribution in [2.24, 2.45) is 0 Å². The van der Waals surface area contributed by atoms with E-state index >= 15 is 0 Å². The van der Waals surface area contributed by atoms with Gasteiger partial charge in [-0.3, -0.25) is 4.79 Å². The summed E-state index contributed by atoms with van der Waals surface area (Å²) in [4.78, 5) is 23.9. The molecule has 1 aliphatic carbocycles. The fourth-order valence-corrected chi connectivity index (χ4v) is 3.22. The van der Waals surface area contributed by atoms with Gasteiger partial charge in [0.2, 0.25) is 5.91 Å². The van der Waals surface area contributed by atoms with Gasteiger partial charge in [0.15, 0.2) is 0 Å². The number of allylic oxidation sites excluding steroid dienone is 8. The first-order chi connectivity index (χ1) is 11.6. The monoisotopic (exact) mass is 341 g/mol. The molecule has 1 aromatic rings. The molecule has 0 saturated carbocycles. The lowest BCUT2D eigenvalue weighted by atomic mass is 10.2. The predicted molar refractivity (Wildman–Crippen MR) is 99.3 cm³/mol. The van der Waals surface area contributed by atoms with Gasteiger partial charge in [-0.15, -0.1) is 11.3 Å². The highest BCUT2D eigenvalue weighted by molar-refractivity contribution is 7.14. The van der Waals surface area contributed by atoms with E-state index < -0.39 is 5.97 Å². The molecule has 0 aliphatic heterocycles. The van der Waals surface area contributed by atoms with Crippen LogP contribution < -0.4 is 15.1 Å². The zero-order valence-electron chi connectivity index (χ0n) is 13.6. The Labute approximate surface area is 144 Å². The van der Waals surface area contributed by atoms with Crippen LogP contribution in [0.15, 0.2) is 48.6 Å². The van der Waals surface area contributed by atoms with Crippen LogP contribution >= 0.6 is 11.3 Å². The molecule has 1 heterocycles. The van der Waals surface area contributed by atoms with Crippen molar-refractivity contribution in [3.8, 4) is 0 Å². The largest absolute Gasteiger partial charge is 0.462 e. The van der Waals surface area contributed by atoms with E-state index in [9.17, 15) is 9.59 Å².